The van der Waals surface area contributed by atoms with E-state index in [1.54, 1.807) is 0 Å². The highest BCUT2D eigenvalue weighted by Gasteiger charge is 2.56. The molecular weight excluding hydrogens is 312 g/mol. The second kappa shape index (κ2) is 7.24. The van der Waals surface area contributed by atoms with Crippen molar-refractivity contribution in [1.82, 2.24) is 0 Å². The lowest BCUT2D eigenvalue weighted by Crippen LogP contribution is -2.64. The Morgan fingerprint density at radius 3 is 1.76 bits per heavy atom. The molecule has 0 atom stereocenters. The van der Waals surface area contributed by atoms with Gasteiger partial charge in [-0.1, -0.05) is 12.8 Å². The molecule has 0 radical (unpaired) electrons. The number of rotatable bonds is 2. The van der Waals surface area contributed by atoms with Crippen LogP contribution in [0.15, 0.2) is 24.5 Å². The third-order valence-corrected chi connectivity index (χ3v) is 7.34. The van der Waals surface area contributed by atoms with E-state index in [-0.39, 0.29) is 11.0 Å². The van der Waals surface area contributed by atoms with E-state index in [1.165, 1.54) is 83.0 Å². The van der Waals surface area contributed by atoms with Crippen LogP contribution in [0.3, 0.4) is 0 Å². The smallest absolute Gasteiger partial charge is 0.171 e. The maximum absolute atomic E-state index is 2.62. The quantitative estimate of drug-likeness (QED) is 0.771. The first-order chi connectivity index (χ1) is 11.3. The van der Waals surface area contributed by atoms with Gasteiger partial charge in [0.15, 0.2) is 17.9 Å². The summed E-state index contributed by atoms with van der Waals surface area (Å²) in [5.41, 5.74) is 1.93. The van der Waals surface area contributed by atoms with E-state index in [1.807, 2.05) is 0 Å². The van der Waals surface area contributed by atoms with Crippen molar-refractivity contribution in [3.8, 4) is 0 Å². The number of aromatic nitrogens is 1. The summed E-state index contributed by atoms with van der Waals surface area (Å²) in [4.78, 5) is 2.61. The molecule has 4 nitrogen and oxygen atoms in total. The largest absolute Gasteiger partial charge is 0.870 e. The Labute approximate surface area is 151 Å². The third kappa shape index (κ3) is 3.31. The van der Waals surface area contributed by atoms with E-state index in [0.717, 1.165) is 17.8 Å². The molecule has 5 fully saturated rings. The van der Waals surface area contributed by atoms with E-state index in [0.29, 0.717) is 5.54 Å². The maximum Gasteiger partial charge on any atom is 0.171 e. The fourth-order valence-corrected chi connectivity index (χ4v) is 6.66. The zero-order valence-corrected chi connectivity index (χ0v) is 15.4. The van der Waals surface area contributed by atoms with Crippen molar-refractivity contribution in [2.45, 2.75) is 69.7 Å². The lowest BCUT2D eigenvalue weighted by Gasteiger charge is -2.53. The van der Waals surface area contributed by atoms with Gasteiger partial charge < -0.3 is 15.9 Å². The third-order valence-electron chi connectivity index (χ3n) is 7.34. The molecule has 1 aromatic heterocycles. The van der Waals surface area contributed by atoms with Crippen LogP contribution in [-0.2, 0) is 5.54 Å². The normalized spacial score (nSPS) is 36.3. The van der Waals surface area contributed by atoms with Gasteiger partial charge in [0.1, 0.15) is 0 Å². The maximum atomic E-state index is 2.62. The van der Waals surface area contributed by atoms with Gasteiger partial charge in [0, 0.05) is 50.2 Å². The van der Waals surface area contributed by atoms with Crippen molar-refractivity contribution in [3.63, 3.8) is 0 Å². The number of nitrogens with zero attached hydrogens (tertiary/aromatic N) is 2. The predicted molar refractivity (Wildman–Crippen MR) is 99.0 cm³/mol. The van der Waals surface area contributed by atoms with Crippen LogP contribution in [0.5, 0.6) is 0 Å². The number of hydrogen-bond acceptors (Lipinski definition) is 2. The molecule has 6 rings (SSSR count). The Balaban J connectivity index is 0.000000911. The molecule has 4 bridgehead atoms. The minimum absolute atomic E-state index is 0. The highest BCUT2D eigenvalue weighted by molar-refractivity contribution is 5.43. The molecule has 4 saturated carbocycles. The molecule has 4 aliphatic carbocycles. The molecule has 0 aromatic carbocycles. The molecule has 25 heavy (non-hydrogen) atoms. The van der Waals surface area contributed by atoms with Gasteiger partial charge in [-0.25, -0.2) is 0 Å². The van der Waals surface area contributed by atoms with Crippen LogP contribution in [-0.4, -0.2) is 24.0 Å². The number of pyridine rings is 1. The summed E-state index contributed by atoms with van der Waals surface area (Å²) in [6, 6.07) is 4.81. The average molecular weight is 347 g/mol. The van der Waals surface area contributed by atoms with Crippen molar-refractivity contribution >= 4 is 5.69 Å². The van der Waals surface area contributed by atoms with Crippen LogP contribution in [0.1, 0.15) is 64.2 Å². The molecule has 3 N–H and O–H groups in total. The molecule has 2 heterocycles. The summed E-state index contributed by atoms with van der Waals surface area (Å²) in [6.07, 6.45) is 19.4. The van der Waals surface area contributed by atoms with E-state index >= 15 is 0 Å². The van der Waals surface area contributed by atoms with Gasteiger partial charge in [0.25, 0.3) is 0 Å². The fraction of sp³-hybridized carbons (Fsp3) is 0.762. The average Bonchev–Trinajstić information content (AvgIpc) is 2.83. The Kier molecular flexibility index (Phi) is 5.40. The Bertz CT molecular complexity index is 528. The van der Waals surface area contributed by atoms with Crippen molar-refractivity contribution in [2.75, 3.05) is 18.0 Å². The topological polar surface area (TPSA) is 68.6 Å². The van der Waals surface area contributed by atoms with Crippen molar-refractivity contribution < 1.29 is 15.5 Å². The van der Waals surface area contributed by atoms with Crippen molar-refractivity contribution in [2.24, 2.45) is 17.8 Å². The molecule has 0 amide bonds. The fourth-order valence-electron chi connectivity index (χ4n) is 6.66. The molecule has 1 saturated heterocycles. The van der Waals surface area contributed by atoms with E-state index < -0.39 is 0 Å². The summed E-state index contributed by atoms with van der Waals surface area (Å²) < 4.78 is 2.62. The lowest BCUT2D eigenvalue weighted by molar-refractivity contribution is -0.776. The van der Waals surface area contributed by atoms with Crippen LogP contribution >= 0.6 is 0 Å². The predicted octanol–water partition coefficient (Wildman–Crippen LogP) is 3.28. The minimum atomic E-state index is 0. The van der Waals surface area contributed by atoms with Gasteiger partial charge in [-0.05, 0) is 49.9 Å². The van der Waals surface area contributed by atoms with Crippen LogP contribution in [0.2, 0.25) is 0 Å². The summed E-state index contributed by atoms with van der Waals surface area (Å²) in [5, 5.41) is 0. The molecule has 0 spiro atoms. The van der Waals surface area contributed by atoms with Gasteiger partial charge in [0.05, 0.1) is 0 Å². The van der Waals surface area contributed by atoms with Gasteiger partial charge >= 0.3 is 0 Å². The molecule has 4 heteroatoms. The second-order valence-electron chi connectivity index (χ2n) is 9.01. The number of anilines is 1. The molecule has 140 valence electrons. The van der Waals surface area contributed by atoms with Crippen LogP contribution in [0.25, 0.3) is 0 Å². The lowest BCUT2D eigenvalue weighted by atomic mass is 9.53. The number of hydrogen-bond donors (Lipinski definition) is 0. The molecule has 0 unspecified atom stereocenters. The monoisotopic (exact) mass is 346 g/mol. The van der Waals surface area contributed by atoms with E-state index in [4.69, 9.17) is 0 Å². The van der Waals surface area contributed by atoms with E-state index in [9.17, 15) is 0 Å². The summed E-state index contributed by atoms with van der Waals surface area (Å²) >= 11 is 0. The molecule has 5 aliphatic rings. The SMILES string of the molecule is O.[OH-].c1c[n+](C23CC4CC(CC(C4)C2)C3)ccc1N1CCCCCC1. The molecule has 1 aromatic rings. The first kappa shape index (κ1) is 18.7. The summed E-state index contributed by atoms with van der Waals surface area (Å²) in [5.74, 6) is 3.08. The Morgan fingerprint density at radius 1 is 0.800 bits per heavy atom. The van der Waals surface area contributed by atoms with Gasteiger partial charge in [0.2, 0.25) is 0 Å². The first-order valence-corrected chi connectivity index (χ1v) is 10.1. The zero-order chi connectivity index (χ0) is 15.3. The Morgan fingerprint density at radius 2 is 1.28 bits per heavy atom. The van der Waals surface area contributed by atoms with Crippen LogP contribution < -0.4 is 9.47 Å². The van der Waals surface area contributed by atoms with Crippen molar-refractivity contribution in [3.05, 3.63) is 24.5 Å². The highest BCUT2D eigenvalue weighted by atomic mass is 16.0. The minimum Gasteiger partial charge on any atom is -0.870 e. The summed E-state index contributed by atoms with van der Waals surface area (Å²) in [7, 11) is 0. The van der Waals surface area contributed by atoms with Gasteiger partial charge in [-0.3, -0.25) is 0 Å². The van der Waals surface area contributed by atoms with Crippen molar-refractivity contribution in [1.29, 1.82) is 0 Å². The van der Waals surface area contributed by atoms with Crippen LogP contribution in [0.4, 0.5) is 5.69 Å². The van der Waals surface area contributed by atoms with Gasteiger partial charge in [-0.2, -0.15) is 4.57 Å². The second-order valence-corrected chi connectivity index (χ2v) is 9.01. The molecular formula is C21H34N2O2. The van der Waals surface area contributed by atoms with E-state index in [2.05, 4.69) is 34.0 Å². The highest BCUT2D eigenvalue weighted by Crippen LogP contribution is 2.56. The van der Waals surface area contributed by atoms with Crippen LogP contribution in [0, 0.1) is 17.8 Å². The standard InChI is InChI=1S/C21H31N2.2H2O/c1-2-4-8-22(7-3-1)20-5-9-23(10-6-20)21-14-17-11-18(15-21)13-19(12-17)16-21;;/h5-6,9-10,17-19H,1-4,7-8,11-16H2;2*1H2/q+1;;/p-1. The Hall–Kier alpha value is -1.13. The molecule has 1 aliphatic heterocycles. The summed E-state index contributed by atoms with van der Waals surface area (Å²) in [6.45, 7) is 2.50. The van der Waals surface area contributed by atoms with Gasteiger partial charge in [-0.15, -0.1) is 0 Å². The first-order valence-electron chi connectivity index (χ1n) is 10.1. The zero-order valence-electron chi connectivity index (χ0n) is 15.4.